The van der Waals surface area contributed by atoms with Crippen molar-refractivity contribution < 1.29 is 18.1 Å². The fraction of sp³-hybridized carbons (Fsp3) is 0.250. The molecule has 9 heteroatoms. The Morgan fingerprint density at radius 1 is 1.10 bits per heavy atom. The van der Waals surface area contributed by atoms with Crippen molar-refractivity contribution in [3.63, 3.8) is 0 Å². The van der Waals surface area contributed by atoms with Gasteiger partial charge >= 0.3 is 6.18 Å². The fourth-order valence-electron chi connectivity index (χ4n) is 3.01. The Morgan fingerprint density at radius 3 is 2.52 bits per heavy atom. The van der Waals surface area contributed by atoms with Crippen LogP contribution in [0.25, 0.3) is 0 Å². The van der Waals surface area contributed by atoms with Gasteiger partial charge in [-0.25, -0.2) is 4.98 Å². The second-order valence-corrected chi connectivity index (χ2v) is 6.52. The van der Waals surface area contributed by atoms with E-state index < -0.39 is 16.7 Å². The number of imidazole rings is 1. The van der Waals surface area contributed by atoms with E-state index in [1.54, 1.807) is 30.7 Å². The van der Waals surface area contributed by atoms with Crippen LogP contribution in [0.2, 0.25) is 0 Å². The SMILES string of the molecule is O=[N+]([O-])c1ccc(Cn2cncc2CCNCc2ccccc2C(F)(F)F)cc1. The van der Waals surface area contributed by atoms with Crippen molar-refractivity contribution in [1.82, 2.24) is 14.9 Å². The number of alkyl halides is 3. The second kappa shape index (κ2) is 8.87. The standard InChI is InChI=1S/C20H19F3N4O2/c21-20(22,23)19-4-2-1-3-16(19)11-24-10-9-18-12-25-14-26(18)13-15-5-7-17(8-6-15)27(28)29/h1-8,12,14,24H,9-11,13H2. The summed E-state index contributed by atoms with van der Waals surface area (Å²) in [7, 11) is 0. The van der Waals surface area contributed by atoms with Gasteiger partial charge in [-0.15, -0.1) is 0 Å². The highest BCUT2D eigenvalue weighted by atomic mass is 19.4. The molecule has 0 atom stereocenters. The minimum absolute atomic E-state index is 0.0305. The van der Waals surface area contributed by atoms with E-state index in [1.165, 1.54) is 24.3 Å². The van der Waals surface area contributed by atoms with Crippen LogP contribution >= 0.6 is 0 Å². The molecule has 0 saturated heterocycles. The van der Waals surface area contributed by atoms with E-state index in [-0.39, 0.29) is 17.8 Å². The van der Waals surface area contributed by atoms with Crippen LogP contribution in [0, 0.1) is 10.1 Å². The van der Waals surface area contributed by atoms with Crippen LogP contribution in [-0.2, 0) is 25.7 Å². The number of nitrogens with zero attached hydrogens (tertiary/aromatic N) is 3. The van der Waals surface area contributed by atoms with Crippen LogP contribution in [0.3, 0.4) is 0 Å². The Bertz CT molecular complexity index is 968. The van der Waals surface area contributed by atoms with Crippen LogP contribution in [0.5, 0.6) is 0 Å². The number of aromatic nitrogens is 2. The van der Waals surface area contributed by atoms with Gasteiger partial charge in [-0.3, -0.25) is 10.1 Å². The zero-order valence-electron chi connectivity index (χ0n) is 15.4. The summed E-state index contributed by atoms with van der Waals surface area (Å²) in [4.78, 5) is 14.4. The van der Waals surface area contributed by atoms with Gasteiger partial charge in [-0.1, -0.05) is 30.3 Å². The Hall–Kier alpha value is -3.20. The quantitative estimate of drug-likeness (QED) is 0.347. The molecule has 3 aromatic rings. The molecule has 6 nitrogen and oxygen atoms in total. The van der Waals surface area contributed by atoms with Gasteiger partial charge in [0, 0.05) is 50.1 Å². The molecule has 29 heavy (non-hydrogen) atoms. The molecule has 0 unspecified atom stereocenters. The zero-order valence-corrected chi connectivity index (χ0v) is 15.4. The van der Waals surface area contributed by atoms with Crippen LogP contribution in [0.1, 0.15) is 22.4 Å². The number of nitro groups is 1. The van der Waals surface area contributed by atoms with E-state index >= 15 is 0 Å². The number of rotatable bonds is 8. The van der Waals surface area contributed by atoms with Gasteiger partial charge in [0.25, 0.3) is 5.69 Å². The maximum absolute atomic E-state index is 13.0. The van der Waals surface area contributed by atoms with Gasteiger partial charge in [-0.05, 0) is 17.2 Å². The second-order valence-electron chi connectivity index (χ2n) is 6.52. The minimum atomic E-state index is -4.37. The number of nitrogens with one attached hydrogen (secondary N) is 1. The molecule has 0 aliphatic heterocycles. The summed E-state index contributed by atoms with van der Waals surface area (Å²) < 4.78 is 41.0. The number of hydrogen-bond acceptors (Lipinski definition) is 4. The smallest absolute Gasteiger partial charge is 0.330 e. The number of non-ortho nitro benzene ring substituents is 1. The lowest BCUT2D eigenvalue weighted by atomic mass is 10.1. The maximum Gasteiger partial charge on any atom is 0.416 e. The Balaban J connectivity index is 1.56. The van der Waals surface area contributed by atoms with E-state index in [1.807, 2.05) is 4.57 Å². The first kappa shape index (κ1) is 20.5. The zero-order chi connectivity index (χ0) is 20.9. The van der Waals surface area contributed by atoms with Crippen LogP contribution in [-0.4, -0.2) is 21.0 Å². The van der Waals surface area contributed by atoms with Gasteiger partial charge in [0.15, 0.2) is 0 Å². The largest absolute Gasteiger partial charge is 0.416 e. The predicted octanol–water partition coefficient (Wildman–Crippen LogP) is 4.19. The highest BCUT2D eigenvalue weighted by molar-refractivity contribution is 5.33. The molecule has 0 saturated carbocycles. The molecular weight excluding hydrogens is 385 g/mol. The topological polar surface area (TPSA) is 73.0 Å². The van der Waals surface area contributed by atoms with E-state index in [0.717, 1.165) is 17.3 Å². The molecule has 0 aliphatic rings. The first-order valence-corrected chi connectivity index (χ1v) is 8.93. The molecule has 0 amide bonds. The van der Waals surface area contributed by atoms with Crippen molar-refractivity contribution in [2.75, 3.05) is 6.54 Å². The van der Waals surface area contributed by atoms with Crippen LogP contribution in [0.4, 0.5) is 18.9 Å². The number of halogens is 3. The molecule has 2 aromatic carbocycles. The maximum atomic E-state index is 13.0. The van der Waals surface area contributed by atoms with Gasteiger partial charge in [-0.2, -0.15) is 13.2 Å². The van der Waals surface area contributed by atoms with Crippen molar-refractivity contribution in [3.05, 3.63) is 93.6 Å². The summed E-state index contributed by atoms with van der Waals surface area (Å²) in [5.74, 6) is 0. The van der Waals surface area contributed by atoms with Gasteiger partial charge in [0.05, 0.1) is 16.8 Å². The third-order valence-corrected chi connectivity index (χ3v) is 4.49. The van der Waals surface area contributed by atoms with Gasteiger partial charge in [0.2, 0.25) is 0 Å². The van der Waals surface area contributed by atoms with E-state index in [9.17, 15) is 23.3 Å². The van der Waals surface area contributed by atoms with Gasteiger partial charge < -0.3 is 9.88 Å². The number of hydrogen-bond donors (Lipinski definition) is 1. The van der Waals surface area contributed by atoms with E-state index in [0.29, 0.717) is 19.5 Å². The lowest BCUT2D eigenvalue weighted by Crippen LogP contribution is -2.20. The molecule has 1 heterocycles. The fourth-order valence-corrected chi connectivity index (χ4v) is 3.01. The molecular formula is C20H19F3N4O2. The average Bonchev–Trinajstić information content (AvgIpc) is 3.12. The highest BCUT2D eigenvalue weighted by Gasteiger charge is 2.32. The van der Waals surface area contributed by atoms with Crippen LogP contribution < -0.4 is 5.32 Å². The lowest BCUT2D eigenvalue weighted by Gasteiger charge is -2.13. The minimum Gasteiger partial charge on any atom is -0.330 e. The summed E-state index contributed by atoms with van der Waals surface area (Å²) in [5, 5.41) is 13.8. The summed E-state index contributed by atoms with van der Waals surface area (Å²) in [6.45, 7) is 1.11. The predicted molar refractivity (Wildman–Crippen MR) is 101 cm³/mol. The van der Waals surface area contributed by atoms with Crippen molar-refractivity contribution in [2.45, 2.75) is 25.7 Å². The number of nitro benzene ring substituents is 1. The average molecular weight is 404 g/mol. The van der Waals surface area contributed by atoms with Crippen molar-refractivity contribution in [2.24, 2.45) is 0 Å². The summed E-state index contributed by atoms with van der Waals surface area (Å²) in [6.07, 6.45) is -0.421. The Morgan fingerprint density at radius 2 is 1.83 bits per heavy atom. The van der Waals surface area contributed by atoms with E-state index in [2.05, 4.69) is 10.3 Å². The molecule has 1 N–H and O–H groups in total. The molecule has 0 radical (unpaired) electrons. The lowest BCUT2D eigenvalue weighted by molar-refractivity contribution is -0.384. The number of benzene rings is 2. The molecule has 0 spiro atoms. The van der Waals surface area contributed by atoms with Crippen molar-refractivity contribution in [1.29, 1.82) is 0 Å². The monoisotopic (exact) mass is 404 g/mol. The highest BCUT2D eigenvalue weighted by Crippen LogP contribution is 2.31. The first-order chi connectivity index (χ1) is 13.8. The molecule has 0 fully saturated rings. The van der Waals surface area contributed by atoms with E-state index in [4.69, 9.17) is 0 Å². The molecule has 0 bridgehead atoms. The molecule has 0 aliphatic carbocycles. The molecule has 152 valence electrons. The van der Waals surface area contributed by atoms with Gasteiger partial charge in [0.1, 0.15) is 0 Å². The Labute approximate surface area is 165 Å². The summed E-state index contributed by atoms with van der Waals surface area (Å²) in [6, 6.07) is 11.8. The van der Waals surface area contributed by atoms with Crippen molar-refractivity contribution >= 4 is 5.69 Å². The first-order valence-electron chi connectivity index (χ1n) is 8.93. The molecule has 1 aromatic heterocycles. The normalized spacial score (nSPS) is 11.6. The third kappa shape index (κ3) is 5.41. The molecule has 3 rings (SSSR count). The van der Waals surface area contributed by atoms with Crippen LogP contribution in [0.15, 0.2) is 61.1 Å². The Kier molecular flexibility index (Phi) is 6.28. The summed E-state index contributed by atoms with van der Waals surface area (Å²) in [5.41, 5.74) is 1.42. The third-order valence-electron chi connectivity index (χ3n) is 4.49. The summed E-state index contributed by atoms with van der Waals surface area (Å²) >= 11 is 0. The van der Waals surface area contributed by atoms with Crippen molar-refractivity contribution in [3.8, 4) is 0 Å².